The van der Waals surface area contributed by atoms with Gasteiger partial charge in [0.15, 0.2) is 6.29 Å². The van der Waals surface area contributed by atoms with Crippen molar-refractivity contribution in [1.82, 2.24) is 10.2 Å². The van der Waals surface area contributed by atoms with Crippen LogP contribution in [0.25, 0.3) is 0 Å². The Morgan fingerprint density at radius 2 is 1.39 bits per heavy atom. The van der Waals surface area contributed by atoms with Crippen LogP contribution in [-0.2, 0) is 20.9 Å². The number of benzene rings is 4. The van der Waals surface area contributed by atoms with Crippen LogP contribution in [0, 0.1) is 11.8 Å². The summed E-state index contributed by atoms with van der Waals surface area (Å²) in [7, 11) is 0. The fourth-order valence-electron chi connectivity index (χ4n) is 8.51. The van der Waals surface area contributed by atoms with Crippen LogP contribution in [0.5, 0.6) is 11.5 Å². The van der Waals surface area contributed by atoms with Crippen molar-refractivity contribution in [2.24, 2.45) is 11.8 Å². The number of ether oxygens (including phenoxy) is 3. The molecule has 1 aliphatic carbocycles. The molecule has 2 aliphatic heterocycles. The minimum Gasteiger partial charge on any atom is -0.457 e. The summed E-state index contributed by atoms with van der Waals surface area (Å²) in [6.07, 6.45) is 5.44. The maximum Gasteiger partial charge on any atom is 0.323 e. The van der Waals surface area contributed by atoms with Crippen molar-refractivity contribution < 1.29 is 28.9 Å². The van der Waals surface area contributed by atoms with Crippen LogP contribution in [0.15, 0.2) is 103 Å². The molecule has 7 unspecified atom stereocenters. The molecule has 3 aliphatic rings. The number of hydrogen-bond acceptors (Lipinski definition) is 7. The molecule has 4 aromatic carbocycles. The van der Waals surface area contributed by atoms with E-state index in [1.807, 2.05) is 112 Å². The number of anilines is 2. The van der Waals surface area contributed by atoms with Gasteiger partial charge in [-0.15, -0.1) is 0 Å². The van der Waals surface area contributed by atoms with Gasteiger partial charge in [0.1, 0.15) is 11.5 Å². The van der Waals surface area contributed by atoms with E-state index in [-0.39, 0.29) is 48.3 Å². The van der Waals surface area contributed by atoms with Gasteiger partial charge in [0, 0.05) is 41.0 Å². The van der Waals surface area contributed by atoms with Crippen molar-refractivity contribution in [2.75, 3.05) is 17.2 Å². The predicted octanol–water partition coefficient (Wildman–Crippen LogP) is 9.34. The Balaban J connectivity index is 1.07. The lowest BCUT2D eigenvalue weighted by molar-refractivity contribution is -0.278. The normalized spacial score (nSPS) is 25.4. The molecular formula is C46H56N4O6. The van der Waals surface area contributed by atoms with Gasteiger partial charge < -0.3 is 35.3 Å². The van der Waals surface area contributed by atoms with Crippen molar-refractivity contribution in [1.29, 1.82) is 0 Å². The molecule has 0 aromatic heterocycles. The fraction of sp³-hybridized carbons (Fsp3) is 0.435. The zero-order chi connectivity index (χ0) is 39.2. The summed E-state index contributed by atoms with van der Waals surface area (Å²) in [4.78, 5) is 29.3. The van der Waals surface area contributed by atoms with E-state index in [9.17, 15) is 14.7 Å². The van der Waals surface area contributed by atoms with E-state index in [1.54, 1.807) is 12.1 Å². The lowest BCUT2D eigenvalue weighted by Crippen LogP contribution is -2.61. The number of hydrogen-bond donors (Lipinski definition) is 4. The summed E-state index contributed by atoms with van der Waals surface area (Å²) in [5, 5.41) is 18.8. The van der Waals surface area contributed by atoms with Crippen molar-refractivity contribution in [3.63, 3.8) is 0 Å². The first-order valence-electron chi connectivity index (χ1n) is 20.1. The van der Waals surface area contributed by atoms with Gasteiger partial charge in [-0.25, -0.2) is 4.79 Å². The zero-order valence-corrected chi connectivity index (χ0v) is 32.9. The number of amides is 3. The number of piperidine rings is 1. The highest BCUT2D eigenvalue weighted by Gasteiger charge is 2.46. The molecule has 4 N–H and O–H groups in total. The maximum absolute atomic E-state index is 13.9. The first-order valence-corrected chi connectivity index (χ1v) is 20.1. The van der Waals surface area contributed by atoms with Gasteiger partial charge in [0.2, 0.25) is 5.91 Å². The lowest BCUT2D eigenvalue weighted by atomic mass is 9.75. The van der Waals surface area contributed by atoms with E-state index in [4.69, 9.17) is 14.2 Å². The smallest absolute Gasteiger partial charge is 0.323 e. The minimum absolute atomic E-state index is 0.0230. The fourth-order valence-corrected chi connectivity index (χ4v) is 8.51. The summed E-state index contributed by atoms with van der Waals surface area (Å²) in [5.41, 5.74) is 3.61. The van der Waals surface area contributed by atoms with Gasteiger partial charge in [-0.1, -0.05) is 74.4 Å². The van der Waals surface area contributed by atoms with E-state index in [1.165, 1.54) is 19.3 Å². The number of aliphatic hydroxyl groups excluding tert-OH is 1. The molecule has 0 radical (unpaired) electrons. The summed E-state index contributed by atoms with van der Waals surface area (Å²) < 4.78 is 19.5. The molecular weight excluding hydrogens is 705 g/mol. The summed E-state index contributed by atoms with van der Waals surface area (Å²) >= 11 is 0. The molecule has 10 heteroatoms. The van der Waals surface area contributed by atoms with E-state index in [0.717, 1.165) is 41.7 Å². The number of urea groups is 1. The highest BCUT2D eigenvalue weighted by molar-refractivity contribution is 5.99. The Morgan fingerprint density at radius 3 is 2.05 bits per heavy atom. The Kier molecular flexibility index (Phi) is 12.4. The lowest BCUT2D eigenvalue weighted by Gasteiger charge is -2.51. The van der Waals surface area contributed by atoms with Crippen LogP contribution >= 0.6 is 0 Å². The molecule has 3 fully saturated rings. The van der Waals surface area contributed by atoms with Crippen LogP contribution in [0.1, 0.15) is 95.3 Å². The topological polar surface area (TPSA) is 121 Å². The number of para-hydroxylation sites is 1. The molecule has 296 valence electrons. The number of carbonyl (C=O) groups excluding carboxylic acids is 2. The minimum atomic E-state index is -0.674. The highest BCUT2D eigenvalue weighted by atomic mass is 16.7. The number of aliphatic hydroxyl groups is 1. The molecule has 4 aromatic rings. The summed E-state index contributed by atoms with van der Waals surface area (Å²) in [5.74, 6) is 2.07. The second-order valence-electron chi connectivity index (χ2n) is 16.6. The van der Waals surface area contributed by atoms with Gasteiger partial charge in [-0.3, -0.25) is 9.69 Å². The third kappa shape index (κ3) is 9.79. The van der Waals surface area contributed by atoms with Gasteiger partial charge in [0.05, 0.1) is 24.9 Å². The number of rotatable bonds is 10. The largest absolute Gasteiger partial charge is 0.457 e. The third-order valence-corrected chi connectivity index (χ3v) is 11.4. The van der Waals surface area contributed by atoms with Crippen LogP contribution < -0.4 is 20.7 Å². The number of nitrogens with one attached hydrogen (secondary N) is 3. The van der Waals surface area contributed by atoms with E-state index in [2.05, 4.69) is 27.8 Å². The molecule has 56 heavy (non-hydrogen) atoms. The molecule has 7 atom stereocenters. The molecule has 3 amide bonds. The first kappa shape index (κ1) is 39.5. The van der Waals surface area contributed by atoms with Gasteiger partial charge in [-0.05, 0) is 112 Å². The molecule has 0 spiro atoms. The Labute approximate surface area is 330 Å². The second-order valence-corrected chi connectivity index (χ2v) is 16.6. The molecule has 2 heterocycles. The van der Waals surface area contributed by atoms with Gasteiger partial charge in [0.25, 0.3) is 0 Å². The van der Waals surface area contributed by atoms with Crippen molar-refractivity contribution in [2.45, 2.75) is 109 Å². The van der Waals surface area contributed by atoms with Gasteiger partial charge in [-0.2, -0.15) is 0 Å². The highest BCUT2D eigenvalue weighted by Crippen LogP contribution is 2.44. The van der Waals surface area contributed by atoms with E-state index < -0.39 is 6.29 Å². The standard InChI is InChI=1S/C46H56N4O6/c1-30-41(28-50-39-13-9-8-10-32(39)20-27-40(50)43(52)49-46(2,3)4)55-44(56-42(30)33-16-14-31(29-51)15-17-33)34-18-21-35(22-19-34)47-45(53)48-36-23-25-38(26-24-36)54-37-11-6-5-7-12-37/h5-7,11-12,14-19,21-26,30,32,39-42,44,51H,8-10,13,20,27-29H2,1-4H3,(H,49,52)(H2,47,48,53). The van der Waals surface area contributed by atoms with E-state index >= 15 is 0 Å². The monoisotopic (exact) mass is 760 g/mol. The van der Waals surface area contributed by atoms with Crippen LogP contribution in [0.2, 0.25) is 0 Å². The molecule has 10 nitrogen and oxygen atoms in total. The Hall–Kier alpha value is -4.74. The molecule has 0 bridgehead atoms. The van der Waals surface area contributed by atoms with Crippen LogP contribution in [-0.4, -0.2) is 52.2 Å². The Morgan fingerprint density at radius 1 is 0.768 bits per heavy atom. The second kappa shape index (κ2) is 17.6. The molecule has 7 rings (SSSR count). The zero-order valence-electron chi connectivity index (χ0n) is 32.9. The molecule has 2 saturated heterocycles. The van der Waals surface area contributed by atoms with Gasteiger partial charge >= 0.3 is 6.03 Å². The average molecular weight is 761 g/mol. The maximum atomic E-state index is 13.9. The number of fused-ring (bicyclic) bond motifs is 1. The molecule has 1 saturated carbocycles. The SMILES string of the molecule is CC1C(CN2C(C(=O)NC(C)(C)C)CCC3CCCCC32)OC(c2ccc(NC(=O)Nc3ccc(Oc4ccccc4)cc3)cc2)OC1c1ccc(CO)cc1. The summed E-state index contributed by atoms with van der Waals surface area (Å²) in [6.45, 7) is 8.88. The first-order chi connectivity index (χ1) is 27.0. The summed E-state index contributed by atoms with van der Waals surface area (Å²) in [6, 6.07) is 32.0. The number of likely N-dealkylation sites (tertiary alicyclic amines) is 1. The quantitative estimate of drug-likeness (QED) is 0.127. The van der Waals surface area contributed by atoms with Crippen LogP contribution in [0.3, 0.4) is 0 Å². The van der Waals surface area contributed by atoms with Crippen molar-refractivity contribution >= 4 is 23.3 Å². The predicted molar refractivity (Wildman–Crippen MR) is 218 cm³/mol. The number of carbonyl (C=O) groups is 2. The van der Waals surface area contributed by atoms with Crippen molar-refractivity contribution in [3.05, 3.63) is 120 Å². The van der Waals surface area contributed by atoms with Crippen LogP contribution in [0.4, 0.5) is 16.2 Å². The Bertz CT molecular complexity index is 1900. The third-order valence-electron chi connectivity index (χ3n) is 11.4. The average Bonchev–Trinajstić information content (AvgIpc) is 3.19. The van der Waals surface area contributed by atoms with E-state index in [0.29, 0.717) is 35.6 Å². The van der Waals surface area contributed by atoms with Crippen molar-refractivity contribution in [3.8, 4) is 11.5 Å². The number of nitrogens with zero attached hydrogens (tertiary/aromatic N) is 1.